The summed E-state index contributed by atoms with van der Waals surface area (Å²) in [6, 6.07) is 7.92. The summed E-state index contributed by atoms with van der Waals surface area (Å²) in [4.78, 5) is 25.8. The van der Waals surface area contributed by atoms with Crippen LogP contribution in [0, 0.1) is 19.8 Å². The molecule has 1 aromatic heterocycles. The third-order valence-electron chi connectivity index (χ3n) is 4.96. The number of rotatable bonds is 4. The summed E-state index contributed by atoms with van der Waals surface area (Å²) in [7, 11) is 0. The van der Waals surface area contributed by atoms with E-state index in [1.807, 2.05) is 50.8 Å². The van der Waals surface area contributed by atoms with Crippen LogP contribution in [-0.4, -0.2) is 47.0 Å². The number of carbonyl (C=O) groups excluding carboxylic acids is 1. The minimum atomic E-state index is 0.0403. The van der Waals surface area contributed by atoms with Crippen LogP contribution in [0.15, 0.2) is 24.3 Å². The highest BCUT2D eigenvalue weighted by Gasteiger charge is 2.25. The SMILES string of the molecule is Cc1nc(C)c(Cc2cccc(Cl)c2)c(N2CCN(C(=O)C(C)C)CC2)n1. The van der Waals surface area contributed by atoms with Gasteiger partial charge in [-0.3, -0.25) is 4.79 Å². The number of amides is 1. The fraction of sp³-hybridized carbons (Fsp3) is 0.476. The third kappa shape index (κ3) is 4.59. The Kier molecular flexibility index (Phi) is 6.00. The Morgan fingerprint density at radius 3 is 2.48 bits per heavy atom. The van der Waals surface area contributed by atoms with Gasteiger partial charge in [-0.1, -0.05) is 37.6 Å². The second kappa shape index (κ2) is 8.26. The fourth-order valence-electron chi connectivity index (χ4n) is 3.54. The van der Waals surface area contributed by atoms with E-state index in [1.54, 1.807) is 0 Å². The number of aryl methyl sites for hydroxylation is 2. The zero-order chi connectivity index (χ0) is 19.6. The first-order valence-electron chi connectivity index (χ1n) is 9.47. The molecule has 1 amide bonds. The van der Waals surface area contributed by atoms with Crippen molar-refractivity contribution in [2.75, 3.05) is 31.1 Å². The second-order valence-corrected chi connectivity index (χ2v) is 7.87. The summed E-state index contributed by atoms with van der Waals surface area (Å²) >= 11 is 6.16. The van der Waals surface area contributed by atoms with E-state index in [2.05, 4.69) is 16.0 Å². The summed E-state index contributed by atoms with van der Waals surface area (Å²) in [6.45, 7) is 10.9. The number of nitrogens with zero attached hydrogens (tertiary/aromatic N) is 4. The van der Waals surface area contributed by atoms with Gasteiger partial charge in [0.1, 0.15) is 11.6 Å². The van der Waals surface area contributed by atoms with Gasteiger partial charge in [0.25, 0.3) is 0 Å². The molecule has 1 aliphatic heterocycles. The molecular formula is C21H27ClN4O. The van der Waals surface area contributed by atoms with Gasteiger partial charge in [-0.05, 0) is 31.5 Å². The zero-order valence-corrected chi connectivity index (χ0v) is 17.3. The van der Waals surface area contributed by atoms with Crippen molar-refractivity contribution in [2.45, 2.75) is 34.1 Å². The van der Waals surface area contributed by atoms with Crippen LogP contribution in [0.4, 0.5) is 5.82 Å². The van der Waals surface area contributed by atoms with Crippen LogP contribution in [0.3, 0.4) is 0 Å². The van der Waals surface area contributed by atoms with Gasteiger partial charge in [0.2, 0.25) is 5.91 Å². The lowest BCUT2D eigenvalue weighted by molar-refractivity contribution is -0.134. The highest BCUT2D eigenvalue weighted by Crippen LogP contribution is 2.26. The lowest BCUT2D eigenvalue weighted by Gasteiger charge is -2.37. The van der Waals surface area contributed by atoms with Crippen molar-refractivity contribution in [3.8, 4) is 0 Å². The van der Waals surface area contributed by atoms with Crippen molar-refractivity contribution < 1.29 is 4.79 Å². The molecule has 5 nitrogen and oxygen atoms in total. The maximum Gasteiger partial charge on any atom is 0.225 e. The van der Waals surface area contributed by atoms with Crippen molar-refractivity contribution in [3.63, 3.8) is 0 Å². The number of piperazine rings is 1. The van der Waals surface area contributed by atoms with E-state index in [-0.39, 0.29) is 11.8 Å². The molecule has 0 N–H and O–H groups in total. The Morgan fingerprint density at radius 1 is 1.15 bits per heavy atom. The van der Waals surface area contributed by atoms with E-state index in [0.29, 0.717) is 0 Å². The molecule has 2 aromatic rings. The molecule has 0 unspecified atom stereocenters. The molecule has 6 heteroatoms. The standard InChI is InChI=1S/C21H27ClN4O/c1-14(2)21(27)26-10-8-25(9-11-26)20-19(15(3)23-16(4)24-20)13-17-6-5-7-18(22)12-17/h5-7,12,14H,8-11,13H2,1-4H3. The monoisotopic (exact) mass is 386 g/mol. The predicted molar refractivity (Wildman–Crippen MR) is 109 cm³/mol. The summed E-state index contributed by atoms with van der Waals surface area (Å²) in [5.41, 5.74) is 3.28. The van der Waals surface area contributed by atoms with Crippen LogP contribution in [0.1, 0.15) is 36.5 Å². The predicted octanol–water partition coefficient (Wildman–Crippen LogP) is 3.64. The highest BCUT2D eigenvalue weighted by molar-refractivity contribution is 6.30. The van der Waals surface area contributed by atoms with Crippen LogP contribution in [0.25, 0.3) is 0 Å². The van der Waals surface area contributed by atoms with E-state index in [9.17, 15) is 4.79 Å². The van der Waals surface area contributed by atoms with Gasteiger partial charge in [-0.2, -0.15) is 0 Å². The Hall–Kier alpha value is -2.14. The normalized spacial score (nSPS) is 14.7. The van der Waals surface area contributed by atoms with Gasteiger partial charge < -0.3 is 9.80 Å². The molecule has 1 fully saturated rings. The average molecular weight is 387 g/mol. The van der Waals surface area contributed by atoms with E-state index in [0.717, 1.165) is 66.1 Å². The van der Waals surface area contributed by atoms with Gasteiger partial charge in [-0.25, -0.2) is 9.97 Å². The highest BCUT2D eigenvalue weighted by atomic mass is 35.5. The first kappa shape index (κ1) is 19.6. The Balaban J connectivity index is 1.84. The molecule has 0 radical (unpaired) electrons. The van der Waals surface area contributed by atoms with Crippen molar-refractivity contribution in [3.05, 3.63) is 51.9 Å². The molecule has 144 valence electrons. The molecule has 1 aromatic carbocycles. The maximum atomic E-state index is 12.3. The number of aromatic nitrogens is 2. The third-order valence-corrected chi connectivity index (χ3v) is 5.19. The van der Waals surface area contributed by atoms with E-state index < -0.39 is 0 Å². The van der Waals surface area contributed by atoms with Gasteiger partial charge in [-0.15, -0.1) is 0 Å². The fourth-order valence-corrected chi connectivity index (χ4v) is 3.75. The lowest BCUT2D eigenvalue weighted by atomic mass is 10.0. The molecule has 0 atom stereocenters. The summed E-state index contributed by atoms with van der Waals surface area (Å²) in [5.74, 6) is 2.02. The number of hydrogen-bond donors (Lipinski definition) is 0. The Morgan fingerprint density at radius 2 is 1.85 bits per heavy atom. The smallest absolute Gasteiger partial charge is 0.225 e. The van der Waals surface area contributed by atoms with Crippen LogP contribution in [-0.2, 0) is 11.2 Å². The molecule has 27 heavy (non-hydrogen) atoms. The largest absolute Gasteiger partial charge is 0.353 e. The minimum Gasteiger partial charge on any atom is -0.353 e. The Labute approximate surface area is 166 Å². The molecule has 3 rings (SSSR count). The minimum absolute atomic E-state index is 0.0403. The quantitative estimate of drug-likeness (QED) is 0.804. The topological polar surface area (TPSA) is 49.3 Å². The molecule has 1 aliphatic rings. The number of hydrogen-bond acceptors (Lipinski definition) is 4. The molecule has 1 saturated heterocycles. The van der Waals surface area contributed by atoms with E-state index in [1.165, 1.54) is 0 Å². The molecular weight excluding hydrogens is 360 g/mol. The first-order valence-corrected chi connectivity index (χ1v) is 9.85. The molecule has 0 saturated carbocycles. The number of anilines is 1. The van der Waals surface area contributed by atoms with Crippen LogP contribution < -0.4 is 4.90 Å². The van der Waals surface area contributed by atoms with Gasteiger partial charge >= 0.3 is 0 Å². The van der Waals surface area contributed by atoms with Crippen LogP contribution >= 0.6 is 11.6 Å². The van der Waals surface area contributed by atoms with Gasteiger partial charge in [0, 0.05) is 54.8 Å². The van der Waals surface area contributed by atoms with Gasteiger partial charge in [0.15, 0.2) is 0 Å². The van der Waals surface area contributed by atoms with Crippen molar-refractivity contribution in [2.24, 2.45) is 5.92 Å². The number of benzene rings is 1. The summed E-state index contributed by atoms with van der Waals surface area (Å²) in [6.07, 6.45) is 0.743. The molecule has 0 aliphatic carbocycles. The van der Waals surface area contributed by atoms with Crippen molar-refractivity contribution in [1.29, 1.82) is 0 Å². The van der Waals surface area contributed by atoms with E-state index in [4.69, 9.17) is 16.6 Å². The lowest BCUT2D eigenvalue weighted by Crippen LogP contribution is -2.50. The number of carbonyl (C=O) groups is 1. The number of halogens is 1. The van der Waals surface area contributed by atoms with E-state index >= 15 is 0 Å². The molecule has 0 spiro atoms. The van der Waals surface area contributed by atoms with Gasteiger partial charge in [0.05, 0.1) is 0 Å². The van der Waals surface area contributed by atoms with Crippen molar-refractivity contribution >= 4 is 23.3 Å². The maximum absolute atomic E-state index is 12.3. The summed E-state index contributed by atoms with van der Waals surface area (Å²) < 4.78 is 0. The Bertz CT molecular complexity index is 829. The zero-order valence-electron chi connectivity index (χ0n) is 16.5. The molecule has 0 bridgehead atoms. The van der Waals surface area contributed by atoms with Crippen LogP contribution in [0.2, 0.25) is 5.02 Å². The second-order valence-electron chi connectivity index (χ2n) is 7.43. The average Bonchev–Trinajstić information content (AvgIpc) is 2.63. The van der Waals surface area contributed by atoms with Crippen LogP contribution in [0.5, 0.6) is 0 Å². The van der Waals surface area contributed by atoms with Crippen molar-refractivity contribution in [1.82, 2.24) is 14.9 Å². The summed E-state index contributed by atoms with van der Waals surface area (Å²) in [5, 5.41) is 0.737. The molecule has 2 heterocycles. The first-order chi connectivity index (χ1) is 12.8.